The molecule has 2 aliphatic rings. The van der Waals surface area contributed by atoms with Crippen LogP contribution < -0.4 is 9.96 Å². The summed E-state index contributed by atoms with van der Waals surface area (Å²) in [5.74, 6) is -1.25. The molecule has 6 heteroatoms. The molecular formula is C23H17ClN2O3. The number of para-hydroxylation sites is 2. The van der Waals surface area contributed by atoms with Gasteiger partial charge in [0.05, 0.1) is 17.4 Å². The lowest BCUT2D eigenvalue weighted by Crippen LogP contribution is -2.37. The average Bonchev–Trinajstić information content (AvgIpc) is 3.26. The van der Waals surface area contributed by atoms with E-state index in [1.165, 1.54) is 4.90 Å². The van der Waals surface area contributed by atoms with Crippen molar-refractivity contribution in [3.05, 3.63) is 95.5 Å². The predicted molar refractivity (Wildman–Crippen MR) is 110 cm³/mol. The molecule has 2 aliphatic heterocycles. The second kappa shape index (κ2) is 7.03. The van der Waals surface area contributed by atoms with Gasteiger partial charge in [0.2, 0.25) is 5.91 Å². The van der Waals surface area contributed by atoms with Crippen LogP contribution in [0.2, 0.25) is 5.02 Å². The first kappa shape index (κ1) is 17.9. The van der Waals surface area contributed by atoms with Crippen LogP contribution in [0.15, 0.2) is 84.9 Å². The molecule has 2 amide bonds. The Morgan fingerprint density at radius 1 is 0.724 bits per heavy atom. The van der Waals surface area contributed by atoms with Crippen molar-refractivity contribution < 1.29 is 14.4 Å². The van der Waals surface area contributed by atoms with Crippen molar-refractivity contribution in [3.8, 4) is 0 Å². The average molecular weight is 405 g/mol. The normalized spacial score (nSPS) is 23.6. The number of rotatable bonds is 3. The van der Waals surface area contributed by atoms with Crippen LogP contribution in [0.1, 0.15) is 11.6 Å². The highest BCUT2D eigenvalue weighted by atomic mass is 35.5. The molecule has 2 heterocycles. The van der Waals surface area contributed by atoms with E-state index in [2.05, 4.69) is 0 Å². The first-order chi connectivity index (χ1) is 14.1. The van der Waals surface area contributed by atoms with E-state index < -0.39 is 18.1 Å². The van der Waals surface area contributed by atoms with Gasteiger partial charge < -0.3 is 0 Å². The van der Waals surface area contributed by atoms with Gasteiger partial charge in [0.15, 0.2) is 6.10 Å². The van der Waals surface area contributed by atoms with Gasteiger partial charge in [0, 0.05) is 5.02 Å². The molecule has 0 bridgehead atoms. The summed E-state index contributed by atoms with van der Waals surface area (Å²) in [5, 5.41) is 2.28. The number of carbonyl (C=O) groups is 2. The number of imide groups is 1. The van der Waals surface area contributed by atoms with Crippen LogP contribution in [0.3, 0.4) is 0 Å². The molecule has 2 saturated heterocycles. The standard InChI is InChI=1S/C23H17ClN2O3/c24-16-13-11-15(12-14-16)20-19-21(29-26(20)18-9-5-2-6-10-18)23(28)25(22(19)27)17-7-3-1-4-8-17/h1-14,19-21H/t19-,20-,21+/m0/s1. The zero-order valence-electron chi connectivity index (χ0n) is 15.3. The van der Waals surface area contributed by atoms with Crippen LogP contribution in [-0.2, 0) is 14.4 Å². The van der Waals surface area contributed by atoms with Crippen molar-refractivity contribution in [2.75, 3.05) is 9.96 Å². The van der Waals surface area contributed by atoms with Gasteiger partial charge in [0.25, 0.3) is 5.91 Å². The summed E-state index contributed by atoms with van der Waals surface area (Å²) in [7, 11) is 0. The Balaban J connectivity index is 1.59. The van der Waals surface area contributed by atoms with Crippen LogP contribution in [0.5, 0.6) is 0 Å². The molecule has 0 saturated carbocycles. The minimum atomic E-state index is -0.872. The fourth-order valence-corrected chi connectivity index (χ4v) is 4.17. The Morgan fingerprint density at radius 3 is 1.93 bits per heavy atom. The monoisotopic (exact) mass is 404 g/mol. The maximum absolute atomic E-state index is 13.4. The second-order valence-corrected chi connectivity index (χ2v) is 7.49. The third-order valence-electron chi connectivity index (χ3n) is 5.35. The summed E-state index contributed by atoms with van der Waals surface area (Å²) in [6.45, 7) is 0. The number of halogens is 1. The predicted octanol–water partition coefficient (Wildman–Crippen LogP) is 4.39. The van der Waals surface area contributed by atoms with Gasteiger partial charge in [-0.1, -0.05) is 60.1 Å². The van der Waals surface area contributed by atoms with Gasteiger partial charge in [-0.2, -0.15) is 0 Å². The van der Waals surface area contributed by atoms with Crippen molar-refractivity contribution in [2.24, 2.45) is 5.92 Å². The topological polar surface area (TPSA) is 49.9 Å². The van der Waals surface area contributed by atoms with Crippen molar-refractivity contribution in [1.82, 2.24) is 0 Å². The lowest BCUT2D eigenvalue weighted by Gasteiger charge is -2.28. The van der Waals surface area contributed by atoms with E-state index in [9.17, 15) is 9.59 Å². The van der Waals surface area contributed by atoms with Gasteiger partial charge in [-0.25, -0.2) is 9.96 Å². The first-order valence-corrected chi connectivity index (χ1v) is 9.72. The van der Waals surface area contributed by atoms with Crippen molar-refractivity contribution >= 4 is 34.8 Å². The highest BCUT2D eigenvalue weighted by molar-refractivity contribution is 6.30. The van der Waals surface area contributed by atoms with Gasteiger partial charge in [-0.3, -0.25) is 14.4 Å². The summed E-state index contributed by atoms with van der Waals surface area (Å²) < 4.78 is 0. The molecule has 3 atom stereocenters. The Morgan fingerprint density at radius 2 is 1.31 bits per heavy atom. The Kier molecular flexibility index (Phi) is 4.34. The molecule has 5 nitrogen and oxygen atoms in total. The van der Waals surface area contributed by atoms with E-state index in [1.54, 1.807) is 41.5 Å². The Hall–Kier alpha value is -3.15. The number of carbonyl (C=O) groups excluding carboxylic acids is 2. The number of anilines is 2. The molecule has 0 unspecified atom stereocenters. The molecular weight excluding hydrogens is 388 g/mol. The fraction of sp³-hybridized carbons (Fsp3) is 0.130. The maximum atomic E-state index is 13.4. The third-order valence-corrected chi connectivity index (χ3v) is 5.60. The van der Waals surface area contributed by atoms with Crippen LogP contribution in [-0.4, -0.2) is 17.9 Å². The molecule has 0 spiro atoms. The summed E-state index contributed by atoms with van der Waals surface area (Å²) in [5.41, 5.74) is 2.21. The molecule has 29 heavy (non-hydrogen) atoms. The molecule has 0 aromatic heterocycles. The first-order valence-electron chi connectivity index (χ1n) is 9.34. The van der Waals surface area contributed by atoms with E-state index in [1.807, 2.05) is 48.5 Å². The van der Waals surface area contributed by atoms with E-state index in [4.69, 9.17) is 16.4 Å². The lowest BCUT2D eigenvalue weighted by molar-refractivity contribution is -0.126. The number of hydrogen-bond acceptors (Lipinski definition) is 4. The number of hydroxylamine groups is 1. The molecule has 2 fully saturated rings. The summed E-state index contributed by atoms with van der Waals surface area (Å²) in [6.07, 6.45) is -0.872. The van der Waals surface area contributed by atoms with Crippen molar-refractivity contribution in [3.63, 3.8) is 0 Å². The third kappa shape index (κ3) is 2.90. The molecule has 0 aliphatic carbocycles. The van der Waals surface area contributed by atoms with E-state index in [0.29, 0.717) is 10.7 Å². The van der Waals surface area contributed by atoms with Gasteiger partial charge in [-0.15, -0.1) is 0 Å². The van der Waals surface area contributed by atoms with Crippen molar-refractivity contribution in [1.29, 1.82) is 0 Å². The fourth-order valence-electron chi connectivity index (χ4n) is 4.04. The second-order valence-electron chi connectivity index (χ2n) is 7.06. The van der Waals surface area contributed by atoms with Crippen molar-refractivity contribution in [2.45, 2.75) is 12.1 Å². The van der Waals surface area contributed by atoms with Crippen LogP contribution in [0.25, 0.3) is 0 Å². The lowest BCUT2D eigenvalue weighted by atomic mass is 9.90. The Labute approximate surface area is 173 Å². The number of fused-ring (bicyclic) bond motifs is 1. The molecule has 0 radical (unpaired) electrons. The maximum Gasteiger partial charge on any atom is 0.266 e. The molecule has 3 aromatic carbocycles. The van der Waals surface area contributed by atoms with E-state index in [-0.39, 0.29) is 11.8 Å². The van der Waals surface area contributed by atoms with E-state index >= 15 is 0 Å². The van der Waals surface area contributed by atoms with Crippen LogP contribution in [0.4, 0.5) is 11.4 Å². The van der Waals surface area contributed by atoms with Gasteiger partial charge >= 0.3 is 0 Å². The largest absolute Gasteiger partial charge is 0.273 e. The molecule has 3 aromatic rings. The smallest absolute Gasteiger partial charge is 0.266 e. The minimum Gasteiger partial charge on any atom is -0.273 e. The highest BCUT2D eigenvalue weighted by Gasteiger charge is 2.60. The number of benzene rings is 3. The number of nitrogens with zero attached hydrogens (tertiary/aromatic N) is 2. The summed E-state index contributed by atoms with van der Waals surface area (Å²) in [6, 6.07) is 25.3. The van der Waals surface area contributed by atoms with E-state index in [0.717, 1.165) is 11.3 Å². The zero-order valence-corrected chi connectivity index (χ0v) is 16.1. The quantitative estimate of drug-likeness (QED) is 0.607. The SMILES string of the molecule is O=C1[C@@H]2[C@@H](ON(c3ccccc3)[C@H]2c2ccc(Cl)cc2)C(=O)N1c1ccccc1. The molecule has 144 valence electrons. The molecule has 5 rings (SSSR count). The minimum absolute atomic E-state index is 0.260. The summed E-state index contributed by atoms with van der Waals surface area (Å²) >= 11 is 6.06. The highest BCUT2D eigenvalue weighted by Crippen LogP contribution is 2.47. The Bertz CT molecular complexity index is 1060. The van der Waals surface area contributed by atoms with Gasteiger partial charge in [-0.05, 0) is 42.0 Å². The molecule has 0 N–H and O–H groups in total. The zero-order chi connectivity index (χ0) is 20.0. The summed E-state index contributed by atoms with van der Waals surface area (Å²) in [4.78, 5) is 33.9. The number of amides is 2. The van der Waals surface area contributed by atoms with Crippen LogP contribution in [0, 0.1) is 5.92 Å². The number of hydrogen-bond donors (Lipinski definition) is 0. The van der Waals surface area contributed by atoms with Crippen LogP contribution >= 0.6 is 11.6 Å². The van der Waals surface area contributed by atoms with Gasteiger partial charge in [0.1, 0.15) is 5.92 Å².